The van der Waals surface area contributed by atoms with Gasteiger partial charge in [0.05, 0.1) is 24.8 Å². The van der Waals surface area contributed by atoms with Crippen LogP contribution < -0.4 is 0 Å². The number of morpholine rings is 1. The third-order valence-corrected chi connectivity index (χ3v) is 5.79. The average molecular weight is 406 g/mol. The summed E-state index contributed by atoms with van der Waals surface area (Å²) < 4.78 is 11.1. The Kier molecular flexibility index (Phi) is 5.57. The third-order valence-electron chi connectivity index (χ3n) is 5.49. The molecule has 2 aromatic rings. The molecule has 0 bridgehead atoms. The monoisotopic (exact) mass is 405 g/mol. The van der Waals surface area contributed by atoms with Gasteiger partial charge in [0.1, 0.15) is 0 Å². The van der Waals surface area contributed by atoms with Crippen molar-refractivity contribution >= 4 is 34.4 Å². The van der Waals surface area contributed by atoms with Gasteiger partial charge in [0.15, 0.2) is 11.3 Å². The van der Waals surface area contributed by atoms with Crippen molar-refractivity contribution in [3.63, 3.8) is 0 Å². The van der Waals surface area contributed by atoms with E-state index < -0.39 is 0 Å². The molecule has 0 radical (unpaired) electrons. The Bertz CT molecular complexity index is 883. The normalized spacial score (nSPS) is 18.6. The van der Waals surface area contributed by atoms with Crippen molar-refractivity contribution in [1.29, 1.82) is 0 Å². The zero-order valence-corrected chi connectivity index (χ0v) is 16.7. The first kappa shape index (κ1) is 19.2. The van der Waals surface area contributed by atoms with Gasteiger partial charge in [-0.15, -0.1) is 0 Å². The minimum absolute atomic E-state index is 0.121. The number of piperazine rings is 1. The van der Waals surface area contributed by atoms with Crippen molar-refractivity contribution in [2.45, 2.75) is 6.92 Å². The molecule has 0 saturated carbocycles. The van der Waals surface area contributed by atoms with E-state index in [1.54, 1.807) is 11.0 Å². The van der Waals surface area contributed by atoms with Gasteiger partial charge >= 0.3 is 0 Å². The van der Waals surface area contributed by atoms with Crippen LogP contribution in [-0.4, -0.2) is 85.5 Å². The first-order valence-electron chi connectivity index (χ1n) is 9.59. The lowest BCUT2D eigenvalue weighted by molar-refractivity contribution is -0.136. The van der Waals surface area contributed by atoms with Gasteiger partial charge in [0, 0.05) is 50.2 Å². The quantitative estimate of drug-likeness (QED) is 0.781. The zero-order chi connectivity index (χ0) is 19.7. The number of nitrogens with zero attached hydrogens (tertiary/aromatic N) is 3. The van der Waals surface area contributed by atoms with E-state index in [0.29, 0.717) is 75.4 Å². The summed E-state index contributed by atoms with van der Waals surface area (Å²) in [6, 6.07) is 5.52. The van der Waals surface area contributed by atoms with Crippen molar-refractivity contribution < 1.29 is 18.7 Å². The standard InChI is InChI=1S/C20H24ClN3O4/c1-14-15-3-2-4-16(21)19(15)28-18(14)20(26)24-7-5-22(6-8-24)13-17(25)23-9-11-27-12-10-23/h2-4H,5-13H2,1H3. The fourth-order valence-corrected chi connectivity index (χ4v) is 3.98. The molecule has 1 aromatic heterocycles. The predicted octanol–water partition coefficient (Wildman–Crippen LogP) is 2.01. The Hall–Kier alpha value is -2.09. The lowest BCUT2D eigenvalue weighted by Gasteiger charge is -2.35. The summed E-state index contributed by atoms with van der Waals surface area (Å²) in [5.74, 6) is 0.357. The summed E-state index contributed by atoms with van der Waals surface area (Å²) in [4.78, 5) is 31.1. The minimum Gasteiger partial charge on any atom is -0.449 e. The molecule has 0 unspecified atom stereocenters. The number of amides is 2. The number of hydrogen-bond acceptors (Lipinski definition) is 5. The lowest BCUT2D eigenvalue weighted by atomic mass is 10.1. The average Bonchev–Trinajstić information content (AvgIpc) is 3.07. The first-order chi connectivity index (χ1) is 13.5. The molecular formula is C20H24ClN3O4. The summed E-state index contributed by atoms with van der Waals surface area (Å²) in [6.07, 6.45) is 0. The van der Waals surface area contributed by atoms with Crippen LogP contribution in [0, 0.1) is 6.92 Å². The molecule has 2 fully saturated rings. The number of hydrogen-bond donors (Lipinski definition) is 0. The Morgan fingerprint density at radius 3 is 2.43 bits per heavy atom. The molecule has 0 spiro atoms. The van der Waals surface area contributed by atoms with Crippen molar-refractivity contribution in [1.82, 2.24) is 14.7 Å². The van der Waals surface area contributed by atoms with Gasteiger partial charge in [0.25, 0.3) is 5.91 Å². The van der Waals surface area contributed by atoms with Gasteiger partial charge in [-0.1, -0.05) is 23.7 Å². The lowest BCUT2D eigenvalue weighted by Crippen LogP contribution is -2.52. The SMILES string of the molecule is Cc1c(C(=O)N2CCN(CC(=O)N3CCOCC3)CC2)oc2c(Cl)cccc12. The largest absolute Gasteiger partial charge is 0.449 e. The summed E-state index contributed by atoms with van der Waals surface area (Å²) in [5, 5.41) is 1.37. The predicted molar refractivity (Wildman–Crippen MR) is 106 cm³/mol. The van der Waals surface area contributed by atoms with E-state index in [0.717, 1.165) is 10.9 Å². The van der Waals surface area contributed by atoms with Crippen LogP contribution >= 0.6 is 11.6 Å². The molecule has 2 aliphatic heterocycles. The van der Waals surface area contributed by atoms with Crippen molar-refractivity contribution in [2.75, 3.05) is 59.0 Å². The topological polar surface area (TPSA) is 66.2 Å². The Morgan fingerprint density at radius 1 is 1.04 bits per heavy atom. The van der Waals surface area contributed by atoms with Crippen LogP contribution in [0.2, 0.25) is 5.02 Å². The third kappa shape index (κ3) is 3.74. The Balaban J connectivity index is 1.37. The number of aryl methyl sites for hydroxylation is 1. The molecule has 3 heterocycles. The molecular weight excluding hydrogens is 382 g/mol. The molecule has 0 N–H and O–H groups in total. The van der Waals surface area contributed by atoms with Crippen LogP contribution in [0.4, 0.5) is 0 Å². The number of carbonyl (C=O) groups excluding carboxylic acids is 2. The van der Waals surface area contributed by atoms with Crippen LogP contribution in [0.3, 0.4) is 0 Å². The second-order valence-corrected chi connectivity index (χ2v) is 7.64. The molecule has 1 aromatic carbocycles. The van der Waals surface area contributed by atoms with Crippen molar-refractivity contribution in [3.05, 3.63) is 34.5 Å². The fourth-order valence-electron chi connectivity index (χ4n) is 3.77. The van der Waals surface area contributed by atoms with Crippen LogP contribution in [0.15, 0.2) is 22.6 Å². The smallest absolute Gasteiger partial charge is 0.289 e. The molecule has 150 valence electrons. The number of ether oxygens (including phenoxy) is 1. The summed E-state index contributed by atoms with van der Waals surface area (Å²) in [5.41, 5.74) is 1.37. The number of halogens is 1. The molecule has 2 aliphatic rings. The second-order valence-electron chi connectivity index (χ2n) is 7.23. The van der Waals surface area contributed by atoms with Gasteiger partial charge in [-0.05, 0) is 13.0 Å². The zero-order valence-electron chi connectivity index (χ0n) is 15.9. The van der Waals surface area contributed by atoms with Gasteiger partial charge in [0.2, 0.25) is 5.91 Å². The van der Waals surface area contributed by atoms with Crippen LogP contribution in [0.5, 0.6) is 0 Å². The van der Waals surface area contributed by atoms with Crippen molar-refractivity contribution in [2.24, 2.45) is 0 Å². The van der Waals surface area contributed by atoms with E-state index in [1.165, 1.54) is 0 Å². The van der Waals surface area contributed by atoms with Gasteiger partial charge in [-0.2, -0.15) is 0 Å². The molecule has 2 saturated heterocycles. The van der Waals surface area contributed by atoms with E-state index in [1.807, 2.05) is 24.0 Å². The summed E-state index contributed by atoms with van der Waals surface area (Å²) >= 11 is 6.20. The second kappa shape index (κ2) is 8.11. The Labute approximate surface area is 168 Å². The highest BCUT2D eigenvalue weighted by atomic mass is 35.5. The molecule has 8 heteroatoms. The van der Waals surface area contributed by atoms with E-state index >= 15 is 0 Å². The number of carbonyl (C=O) groups is 2. The highest BCUT2D eigenvalue weighted by Crippen LogP contribution is 2.31. The molecule has 7 nitrogen and oxygen atoms in total. The molecule has 2 amide bonds. The first-order valence-corrected chi connectivity index (χ1v) is 9.97. The number of rotatable bonds is 3. The molecule has 28 heavy (non-hydrogen) atoms. The summed E-state index contributed by atoms with van der Waals surface area (Å²) in [6.45, 7) is 7.27. The van der Waals surface area contributed by atoms with E-state index in [-0.39, 0.29) is 11.8 Å². The maximum Gasteiger partial charge on any atom is 0.289 e. The fraction of sp³-hybridized carbons (Fsp3) is 0.500. The van der Waals surface area contributed by atoms with Gasteiger partial charge in [-0.25, -0.2) is 0 Å². The van der Waals surface area contributed by atoms with Crippen LogP contribution in [0.25, 0.3) is 11.0 Å². The number of para-hydroxylation sites is 1. The minimum atomic E-state index is -0.121. The summed E-state index contributed by atoms with van der Waals surface area (Å²) in [7, 11) is 0. The highest BCUT2D eigenvalue weighted by molar-refractivity contribution is 6.35. The van der Waals surface area contributed by atoms with Crippen LogP contribution in [-0.2, 0) is 9.53 Å². The van der Waals surface area contributed by atoms with E-state index in [4.69, 9.17) is 20.8 Å². The number of fused-ring (bicyclic) bond motifs is 1. The Morgan fingerprint density at radius 2 is 1.75 bits per heavy atom. The van der Waals surface area contributed by atoms with Crippen LogP contribution in [0.1, 0.15) is 16.1 Å². The van der Waals surface area contributed by atoms with E-state index in [9.17, 15) is 9.59 Å². The molecule has 0 atom stereocenters. The number of benzene rings is 1. The highest BCUT2D eigenvalue weighted by Gasteiger charge is 2.28. The number of furan rings is 1. The van der Waals surface area contributed by atoms with Gasteiger partial charge < -0.3 is 19.0 Å². The molecule has 4 rings (SSSR count). The maximum atomic E-state index is 13.0. The van der Waals surface area contributed by atoms with Gasteiger partial charge in [-0.3, -0.25) is 14.5 Å². The molecule has 0 aliphatic carbocycles. The van der Waals surface area contributed by atoms with E-state index in [2.05, 4.69) is 4.90 Å². The van der Waals surface area contributed by atoms with Crippen molar-refractivity contribution in [3.8, 4) is 0 Å². The maximum absolute atomic E-state index is 13.0.